The van der Waals surface area contributed by atoms with Crippen LogP contribution >= 0.6 is 0 Å². The summed E-state index contributed by atoms with van der Waals surface area (Å²) in [7, 11) is 0. The van der Waals surface area contributed by atoms with E-state index < -0.39 is 0 Å². The molecular formula is C22H18F2N4O2. The van der Waals surface area contributed by atoms with Gasteiger partial charge in [0.05, 0.1) is 0 Å². The lowest BCUT2D eigenvalue weighted by Gasteiger charge is -2.11. The Morgan fingerprint density at radius 3 is 2.43 bits per heavy atom. The van der Waals surface area contributed by atoms with E-state index in [1.54, 1.807) is 24.4 Å². The minimum absolute atomic E-state index is 0.181. The third kappa shape index (κ3) is 4.43. The minimum atomic E-state index is -0.370. The van der Waals surface area contributed by atoms with Crippen molar-refractivity contribution in [2.45, 2.75) is 6.54 Å². The Morgan fingerprint density at radius 1 is 1.00 bits per heavy atom. The van der Waals surface area contributed by atoms with Crippen LogP contribution in [0.1, 0.15) is 0 Å². The highest BCUT2D eigenvalue weighted by atomic mass is 19.1. The molecule has 0 bridgehead atoms. The third-order valence-electron chi connectivity index (χ3n) is 4.45. The van der Waals surface area contributed by atoms with Gasteiger partial charge in [-0.15, -0.1) is 0 Å². The van der Waals surface area contributed by atoms with Crippen molar-refractivity contribution < 1.29 is 18.3 Å². The molecule has 0 aliphatic heterocycles. The quantitative estimate of drug-likeness (QED) is 0.508. The monoisotopic (exact) mass is 408 g/mol. The third-order valence-corrected chi connectivity index (χ3v) is 4.45. The summed E-state index contributed by atoms with van der Waals surface area (Å²) in [4.78, 5) is 21.1. The van der Waals surface area contributed by atoms with E-state index in [2.05, 4.69) is 15.3 Å². The molecule has 2 heterocycles. The predicted octanol–water partition coefficient (Wildman–Crippen LogP) is 3.57. The maximum absolute atomic E-state index is 13.3. The zero-order valence-corrected chi connectivity index (χ0v) is 15.9. The Morgan fingerprint density at radius 2 is 1.70 bits per heavy atom. The van der Waals surface area contributed by atoms with E-state index in [1.807, 2.05) is 10.6 Å². The molecule has 0 aliphatic rings. The number of amides is 1. The lowest BCUT2D eigenvalue weighted by Crippen LogP contribution is -2.31. The molecule has 8 heteroatoms. The Bertz CT molecular complexity index is 1160. The molecule has 0 fully saturated rings. The minimum Gasteiger partial charge on any atom is -0.484 e. The van der Waals surface area contributed by atoms with Crippen LogP contribution in [0, 0.1) is 11.6 Å². The van der Waals surface area contributed by atoms with Crippen molar-refractivity contribution in [2.24, 2.45) is 0 Å². The molecule has 0 unspecified atom stereocenters. The predicted molar refractivity (Wildman–Crippen MR) is 108 cm³/mol. The molecule has 1 N–H and O–H groups in total. The lowest BCUT2D eigenvalue weighted by molar-refractivity contribution is -0.123. The molecule has 4 rings (SSSR count). The first-order valence-corrected chi connectivity index (χ1v) is 9.32. The number of rotatable bonds is 7. The van der Waals surface area contributed by atoms with E-state index in [-0.39, 0.29) is 24.1 Å². The molecule has 0 saturated carbocycles. The maximum atomic E-state index is 13.3. The van der Waals surface area contributed by atoms with Crippen molar-refractivity contribution in [3.63, 3.8) is 0 Å². The highest BCUT2D eigenvalue weighted by Crippen LogP contribution is 2.23. The number of halogens is 2. The largest absolute Gasteiger partial charge is 0.484 e. The van der Waals surface area contributed by atoms with Gasteiger partial charge in [-0.1, -0.05) is 0 Å². The smallest absolute Gasteiger partial charge is 0.258 e. The molecule has 0 spiro atoms. The van der Waals surface area contributed by atoms with Crippen molar-refractivity contribution in [3.05, 3.63) is 78.5 Å². The van der Waals surface area contributed by atoms with Gasteiger partial charge >= 0.3 is 0 Å². The highest BCUT2D eigenvalue weighted by Gasteiger charge is 2.14. The average molecular weight is 408 g/mol. The number of aromatic nitrogens is 3. The molecular weight excluding hydrogens is 390 g/mol. The molecule has 1 amide bonds. The van der Waals surface area contributed by atoms with Crippen molar-refractivity contribution in [3.8, 4) is 17.1 Å². The topological polar surface area (TPSA) is 69.0 Å². The lowest BCUT2D eigenvalue weighted by atomic mass is 10.2. The summed E-state index contributed by atoms with van der Waals surface area (Å²) >= 11 is 0. The average Bonchev–Trinajstić information content (AvgIpc) is 3.12. The van der Waals surface area contributed by atoms with E-state index in [4.69, 9.17) is 4.74 Å². The van der Waals surface area contributed by atoms with Gasteiger partial charge in [0.15, 0.2) is 12.3 Å². The molecule has 4 aromatic rings. The summed E-state index contributed by atoms with van der Waals surface area (Å²) in [6.45, 7) is 0.559. The van der Waals surface area contributed by atoms with Gasteiger partial charge in [-0.05, 0) is 60.7 Å². The van der Waals surface area contributed by atoms with E-state index in [0.29, 0.717) is 35.8 Å². The highest BCUT2D eigenvalue weighted by molar-refractivity contribution is 5.78. The Labute approximate surface area is 171 Å². The van der Waals surface area contributed by atoms with Crippen molar-refractivity contribution in [2.75, 3.05) is 13.2 Å². The molecule has 30 heavy (non-hydrogen) atoms. The van der Waals surface area contributed by atoms with Crippen LogP contribution in [0.15, 0.2) is 66.9 Å². The van der Waals surface area contributed by atoms with Crippen LogP contribution in [0.4, 0.5) is 8.78 Å². The summed E-state index contributed by atoms with van der Waals surface area (Å²) < 4.78 is 33.4. The van der Waals surface area contributed by atoms with Crippen LogP contribution in [0.25, 0.3) is 22.6 Å². The fourth-order valence-corrected chi connectivity index (χ4v) is 3.03. The number of ether oxygens (including phenoxy) is 1. The van der Waals surface area contributed by atoms with Gasteiger partial charge in [0, 0.05) is 24.8 Å². The standard InChI is InChI=1S/C22H18F2N4O2/c23-16-5-3-15(4-6-16)21-27-19-2-1-11-26-22(19)28(21)13-12-25-20(29)14-30-18-9-7-17(24)8-10-18/h1-11H,12-14H2,(H,25,29). The van der Waals surface area contributed by atoms with Gasteiger partial charge < -0.3 is 14.6 Å². The molecule has 2 aromatic heterocycles. The van der Waals surface area contributed by atoms with Gasteiger partial charge in [-0.2, -0.15) is 0 Å². The summed E-state index contributed by atoms with van der Waals surface area (Å²) in [6.07, 6.45) is 1.67. The summed E-state index contributed by atoms with van der Waals surface area (Å²) in [6, 6.07) is 15.2. The van der Waals surface area contributed by atoms with Gasteiger partial charge in [0.25, 0.3) is 5.91 Å². The van der Waals surface area contributed by atoms with Gasteiger partial charge in [0.2, 0.25) is 0 Å². The van der Waals surface area contributed by atoms with E-state index in [9.17, 15) is 13.6 Å². The van der Waals surface area contributed by atoms with Crippen LogP contribution in [0.2, 0.25) is 0 Å². The van der Waals surface area contributed by atoms with Crippen LogP contribution in [-0.4, -0.2) is 33.6 Å². The number of fused-ring (bicyclic) bond motifs is 1. The van der Waals surface area contributed by atoms with Gasteiger partial charge in [-0.3, -0.25) is 4.79 Å². The first kappa shape index (κ1) is 19.5. The molecule has 0 atom stereocenters. The van der Waals surface area contributed by atoms with E-state index >= 15 is 0 Å². The first-order valence-electron chi connectivity index (χ1n) is 9.32. The number of pyridine rings is 1. The zero-order valence-electron chi connectivity index (χ0n) is 15.9. The van der Waals surface area contributed by atoms with Crippen molar-refractivity contribution in [1.29, 1.82) is 0 Å². The number of nitrogens with zero attached hydrogens (tertiary/aromatic N) is 3. The maximum Gasteiger partial charge on any atom is 0.258 e. The molecule has 0 aliphatic carbocycles. The summed E-state index contributed by atoms with van der Waals surface area (Å²) in [5.41, 5.74) is 2.14. The SMILES string of the molecule is O=C(COc1ccc(F)cc1)NCCn1c(-c2ccc(F)cc2)nc2cccnc21. The van der Waals surface area contributed by atoms with Crippen LogP contribution in [0.5, 0.6) is 5.75 Å². The molecule has 0 radical (unpaired) electrons. The molecule has 6 nitrogen and oxygen atoms in total. The van der Waals surface area contributed by atoms with Crippen LogP contribution < -0.4 is 10.1 Å². The second kappa shape index (κ2) is 8.69. The van der Waals surface area contributed by atoms with Crippen molar-refractivity contribution >= 4 is 17.1 Å². The number of hydrogen-bond acceptors (Lipinski definition) is 4. The Kier molecular flexibility index (Phi) is 5.65. The molecule has 2 aromatic carbocycles. The normalized spacial score (nSPS) is 10.9. The zero-order chi connectivity index (χ0) is 20.9. The number of carbonyl (C=O) groups is 1. The fourth-order valence-electron chi connectivity index (χ4n) is 3.03. The number of benzene rings is 2. The number of hydrogen-bond donors (Lipinski definition) is 1. The summed E-state index contributed by atoms with van der Waals surface area (Å²) in [5.74, 6) is 0.0494. The number of carbonyl (C=O) groups excluding carboxylic acids is 1. The Balaban J connectivity index is 1.43. The fraction of sp³-hybridized carbons (Fsp3) is 0.136. The van der Waals surface area contributed by atoms with E-state index in [0.717, 1.165) is 5.56 Å². The molecule has 152 valence electrons. The molecule has 0 saturated heterocycles. The van der Waals surface area contributed by atoms with Crippen LogP contribution in [-0.2, 0) is 11.3 Å². The van der Waals surface area contributed by atoms with Crippen LogP contribution in [0.3, 0.4) is 0 Å². The second-order valence-corrected chi connectivity index (χ2v) is 6.53. The van der Waals surface area contributed by atoms with Crippen molar-refractivity contribution in [1.82, 2.24) is 19.9 Å². The second-order valence-electron chi connectivity index (χ2n) is 6.53. The van der Waals surface area contributed by atoms with E-state index in [1.165, 1.54) is 36.4 Å². The number of nitrogens with one attached hydrogen (secondary N) is 1. The summed E-state index contributed by atoms with van der Waals surface area (Å²) in [5, 5.41) is 2.78. The number of imidazole rings is 1. The Hall–Kier alpha value is -3.81. The first-order chi connectivity index (χ1) is 14.6. The van der Waals surface area contributed by atoms with Gasteiger partial charge in [-0.25, -0.2) is 18.7 Å². The van der Waals surface area contributed by atoms with Gasteiger partial charge in [0.1, 0.15) is 28.7 Å².